The van der Waals surface area contributed by atoms with Crippen LogP contribution in [0, 0.1) is 0 Å². The van der Waals surface area contributed by atoms with E-state index < -0.39 is 0 Å². The molecule has 2 N–H and O–H groups in total. The number of amides is 1. The van der Waals surface area contributed by atoms with Crippen molar-refractivity contribution >= 4 is 16.8 Å². The fourth-order valence-electron chi connectivity index (χ4n) is 2.20. The molecule has 0 fully saturated rings. The molecule has 0 aliphatic carbocycles. The van der Waals surface area contributed by atoms with E-state index in [0.29, 0.717) is 12.3 Å². The highest BCUT2D eigenvalue weighted by Gasteiger charge is 2.05. The molecule has 0 bridgehead atoms. The van der Waals surface area contributed by atoms with E-state index in [1.165, 1.54) is 16.5 Å². The minimum atomic E-state index is -0.228. The topological polar surface area (TPSA) is 48.0 Å². The summed E-state index contributed by atoms with van der Waals surface area (Å²) in [5, 5.41) is 1.26. The normalized spacial score (nSPS) is 11.3. The molecule has 1 aromatic carbocycles. The van der Waals surface area contributed by atoms with Gasteiger partial charge < -0.3 is 10.3 Å². The highest BCUT2D eigenvalue weighted by molar-refractivity contribution is 5.81. The highest BCUT2D eigenvalue weighted by Crippen LogP contribution is 2.22. The molecule has 0 saturated carbocycles. The van der Waals surface area contributed by atoms with E-state index >= 15 is 0 Å². The van der Waals surface area contributed by atoms with Crippen LogP contribution in [-0.2, 0) is 11.3 Å². The number of aromatic nitrogens is 1. The van der Waals surface area contributed by atoms with E-state index in [2.05, 4.69) is 48.9 Å². The van der Waals surface area contributed by atoms with Gasteiger partial charge in [0.25, 0.3) is 0 Å². The summed E-state index contributed by atoms with van der Waals surface area (Å²) in [6.45, 7) is 5.24. The Labute approximate surface area is 108 Å². The van der Waals surface area contributed by atoms with Crippen LogP contribution in [0.3, 0.4) is 0 Å². The fourth-order valence-corrected chi connectivity index (χ4v) is 2.20. The lowest BCUT2D eigenvalue weighted by Gasteiger charge is -2.07. The Bertz CT molecular complexity index is 555. The minimum absolute atomic E-state index is 0.228. The number of hydrogen-bond acceptors (Lipinski definition) is 1. The third-order valence-electron chi connectivity index (χ3n) is 3.28. The Morgan fingerprint density at radius 2 is 2.11 bits per heavy atom. The first-order valence-corrected chi connectivity index (χ1v) is 6.45. The van der Waals surface area contributed by atoms with Crippen molar-refractivity contribution in [2.45, 2.75) is 39.2 Å². The lowest BCUT2D eigenvalue weighted by molar-refractivity contribution is -0.118. The zero-order valence-corrected chi connectivity index (χ0v) is 11.0. The SMILES string of the molecule is CC(C)c1ccc2c(ccn2CCCC(N)=O)c1. The number of nitrogens with zero attached hydrogens (tertiary/aromatic N) is 1. The van der Waals surface area contributed by atoms with Crippen LogP contribution < -0.4 is 5.73 Å². The number of fused-ring (bicyclic) bond motifs is 1. The van der Waals surface area contributed by atoms with E-state index in [4.69, 9.17) is 5.73 Å². The van der Waals surface area contributed by atoms with Crippen molar-refractivity contribution in [3.8, 4) is 0 Å². The van der Waals surface area contributed by atoms with Crippen LogP contribution in [0.25, 0.3) is 10.9 Å². The van der Waals surface area contributed by atoms with E-state index in [1.54, 1.807) is 0 Å². The second-order valence-electron chi connectivity index (χ2n) is 5.05. The lowest BCUT2D eigenvalue weighted by atomic mass is 10.0. The molecule has 3 heteroatoms. The molecular weight excluding hydrogens is 224 g/mol. The monoisotopic (exact) mass is 244 g/mol. The van der Waals surface area contributed by atoms with E-state index in [9.17, 15) is 4.79 Å². The average Bonchev–Trinajstić information content (AvgIpc) is 2.71. The van der Waals surface area contributed by atoms with Crippen molar-refractivity contribution < 1.29 is 4.79 Å². The number of hydrogen-bond donors (Lipinski definition) is 1. The number of rotatable bonds is 5. The number of nitrogens with two attached hydrogens (primary N) is 1. The smallest absolute Gasteiger partial charge is 0.217 e. The molecule has 2 aromatic rings. The molecule has 1 heterocycles. The third-order valence-corrected chi connectivity index (χ3v) is 3.28. The summed E-state index contributed by atoms with van der Waals surface area (Å²) in [7, 11) is 0. The average molecular weight is 244 g/mol. The summed E-state index contributed by atoms with van der Waals surface area (Å²) in [5.74, 6) is 0.321. The number of carbonyl (C=O) groups is 1. The predicted molar refractivity (Wildman–Crippen MR) is 74.5 cm³/mol. The number of benzene rings is 1. The van der Waals surface area contributed by atoms with Crippen LogP contribution in [0.1, 0.15) is 38.2 Å². The zero-order valence-electron chi connectivity index (χ0n) is 11.0. The van der Waals surface area contributed by atoms with Crippen LogP contribution in [0.15, 0.2) is 30.5 Å². The standard InChI is InChI=1S/C15H20N2O/c1-11(2)12-5-6-14-13(10-12)7-9-17(14)8-3-4-15(16)18/h5-7,9-11H,3-4,8H2,1-2H3,(H2,16,18). The van der Waals surface area contributed by atoms with Crippen LogP contribution in [-0.4, -0.2) is 10.5 Å². The van der Waals surface area contributed by atoms with Gasteiger partial charge in [0, 0.05) is 24.7 Å². The van der Waals surface area contributed by atoms with Crippen LogP contribution in [0.4, 0.5) is 0 Å². The molecule has 0 aliphatic heterocycles. The minimum Gasteiger partial charge on any atom is -0.370 e. The largest absolute Gasteiger partial charge is 0.370 e. The van der Waals surface area contributed by atoms with Gasteiger partial charge in [0.05, 0.1) is 0 Å². The van der Waals surface area contributed by atoms with Gasteiger partial charge in [-0.05, 0) is 41.5 Å². The molecule has 18 heavy (non-hydrogen) atoms. The van der Waals surface area contributed by atoms with Crippen molar-refractivity contribution in [2.75, 3.05) is 0 Å². The van der Waals surface area contributed by atoms with Gasteiger partial charge >= 0.3 is 0 Å². The van der Waals surface area contributed by atoms with Crippen molar-refractivity contribution in [2.24, 2.45) is 5.73 Å². The molecular formula is C15H20N2O. The maximum Gasteiger partial charge on any atom is 0.217 e. The molecule has 0 unspecified atom stereocenters. The summed E-state index contributed by atoms with van der Waals surface area (Å²) in [6, 6.07) is 8.71. The summed E-state index contributed by atoms with van der Waals surface area (Å²) in [4.78, 5) is 10.7. The fraction of sp³-hybridized carbons (Fsp3) is 0.400. The molecule has 0 radical (unpaired) electrons. The maximum absolute atomic E-state index is 10.7. The van der Waals surface area contributed by atoms with Gasteiger partial charge in [-0.1, -0.05) is 19.9 Å². The zero-order chi connectivity index (χ0) is 13.1. The molecule has 0 aliphatic rings. The van der Waals surface area contributed by atoms with Crippen LogP contribution in [0.5, 0.6) is 0 Å². The molecule has 2 rings (SSSR count). The number of carbonyl (C=O) groups excluding carboxylic acids is 1. The predicted octanol–water partition coefficient (Wildman–Crippen LogP) is 3.03. The Morgan fingerprint density at radius 3 is 2.78 bits per heavy atom. The van der Waals surface area contributed by atoms with Gasteiger partial charge in [0.15, 0.2) is 0 Å². The first-order valence-electron chi connectivity index (χ1n) is 6.45. The van der Waals surface area contributed by atoms with Crippen molar-refractivity contribution in [1.82, 2.24) is 4.57 Å². The van der Waals surface area contributed by atoms with Crippen molar-refractivity contribution in [1.29, 1.82) is 0 Å². The molecule has 0 spiro atoms. The van der Waals surface area contributed by atoms with Crippen molar-refractivity contribution in [3.05, 3.63) is 36.0 Å². The summed E-state index contributed by atoms with van der Waals surface area (Å²) < 4.78 is 2.18. The number of aryl methyl sites for hydroxylation is 1. The molecule has 0 atom stereocenters. The Kier molecular flexibility index (Phi) is 3.70. The van der Waals surface area contributed by atoms with Gasteiger partial charge in [-0.2, -0.15) is 0 Å². The summed E-state index contributed by atoms with van der Waals surface area (Å²) in [5.41, 5.74) is 7.73. The maximum atomic E-state index is 10.7. The van der Waals surface area contributed by atoms with Crippen LogP contribution in [0.2, 0.25) is 0 Å². The van der Waals surface area contributed by atoms with Gasteiger partial charge in [-0.3, -0.25) is 4.79 Å². The first kappa shape index (κ1) is 12.7. The third kappa shape index (κ3) is 2.73. The highest BCUT2D eigenvalue weighted by atomic mass is 16.1. The van der Waals surface area contributed by atoms with E-state index in [-0.39, 0.29) is 5.91 Å². The Morgan fingerprint density at radius 1 is 1.33 bits per heavy atom. The molecule has 3 nitrogen and oxygen atoms in total. The van der Waals surface area contributed by atoms with E-state index in [0.717, 1.165) is 13.0 Å². The van der Waals surface area contributed by atoms with Gasteiger partial charge in [0.1, 0.15) is 0 Å². The second-order valence-corrected chi connectivity index (χ2v) is 5.05. The summed E-state index contributed by atoms with van der Waals surface area (Å²) in [6.07, 6.45) is 3.32. The lowest BCUT2D eigenvalue weighted by Crippen LogP contribution is -2.11. The molecule has 1 amide bonds. The molecule has 0 saturated heterocycles. The number of primary amides is 1. The van der Waals surface area contributed by atoms with E-state index in [1.807, 2.05) is 0 Å². The van der Waals surface area contributed by atoms with Crippen LogP contribution >= 0.6 is 0 Å². The Balaban J connectivity index is 2.18. The van der Waals surface area contributed by atoms with Gasteiger partial charge in [0.2, 0.25) is 5.91 Å². The second kappa shape index (κ2) is 5.25. The molecule has 96 valence electrons. The van der Waals surface area contributed by atoms with Gasteiger partial charge in [-0.15, -0.1) is 0 Å². The summed E-state index contributed by atoms with van der Waals surface area (Å²) >= 11 is 0. The van der Waals surface area contributed by atoms with Crippen molar-refractivity contribution in [3.63, 3.8) is 0 Å². The quantitative estimate of drug-likeness (QED) is 0.863. The van der Waals surface area contributed by atoms with Gasteiger partial charge in [-0.25, -0.2) is 0 Å². The first-order chi connectivity index (χ1) is 8.58. The molecule has 1 aromatic heterocycles. The Hall–Kier alpha value is -1.77.